The van der Waals surface area contributed by atoms with Crippen LogP contribution in [0.2, 0.25) is 0 Å². The maximum Gasteiger partial charge on any atom is 0.184 e. The van der Waals surface area contributed by atoms with Gasteiger partial charge in [0.1, 0.15) is 6.07 Å². The highest BCUT2D eigenvalue weighted by Gasteiger charge is 2.14. The third kappa shape index (κ3) is 4.46. The maximum atomic E-state index is 9.02. The van der Waals surface area contributed by atoms with Crippen molar-refractivity contribution in [1.29, 1.82) is 5.26 Å². The number of rotatable bonds is 8. The van der Waals surface area contributed by atoms with E-state index in [1.807, 2.05) is 25.1 Å². The number of hydrogen-bond donors (Lipinski definition) is 1. The van der Waals surface area contributed by atoms with Crippen LogP contribution in [0, 0.1) is 11.3 Å². The van der Waals surface area contributed by atoms with Gasteiger partial charge >= 0.3 is 0 Å². The van der Waals surface area contributed by atoms with E-state index >= 15 is 0 Å². The van der Waals surface area contributed by atoms with E-state index in [0.29, 0.717) is 24.5 Å². The Balaban J connectivity index is 2.92. The van der Waals surface area contributed by atoms with Gasteiger partial charge in [-0.15, -0.1) is 0 Å². The minimum atomic E-state index is -0.443. The third-order valence-corrected chi connectivity index (χ3v) is 2.80. The quantitative estimate of drug-likeness (QED) is 0.732. The van der Waals surface area contributed by atoms with Crippen LogP contribution in [0.4, 0.5) is 0 Å². The predicted octanol–water partition coefficient (Wildman–Crippen LogP) is 2.88. The van der Waals surface area contributed by atoms with Crippen molar-refractivity contribution in [3.8, 4) is 17.6 Å². The number of para-hydroxylation sites is 1. The van der Waals surface area contributed by atoms with Gasteiger partial charge in [0.05, 0.1) is 7.11 Å². The predicted molar refractivity (Wildman–Crippen MR) is 75.3 cm³/mol. The average Bonchev–Trinajstić information content (AvgIpc) is 2.45. The number of nitrogens with one attached hydrogen (secondary N) is 1. The Morgan fingerprint density at radius 1 is 1.37 bits per heavy atom. The largest absolute Gasteiger partial charge is 0.493 e. The summed E-state index contributed by atoms with van der Waals surface area (Å²) in [5.41, 5.74) is 1.02. The van der Waals surface area contributed by atoms with E-state index in [1.165, 1.54) is 0 Å². The molecular weight excluding hydrogens is 240 g/mol. The van der Waals surface area contributed by atoms with Gasteiger partial charge in [0, 0.05) is 12.1 Å². The third-order valence-electron chi connectivity index (χ3n) is 2.80. The number of benzene rings is 1. The van der Waals surface area contributed by atoms with Crippen LogP contribution in [0.15, 0.2) is 18.2 Å². The zero-order chi connectivity index (χ0) is 14.1. The minimum Gasteiger partial charge on any atom is -0.493 e. The van der Waals surface area contributed by atoms with E-state index in [4.69, 9.17) is 14.7 Å². The Labute approximate surface area is 115 Å². The zero-order valence-corrected chi connectivity index (χ0v) is 11.9. The Kier molecular flexibility index (Phi) is 6.76. The second-order valence-electron chi connectivity index (χ2n) is 4.27. The second kappa shape index (κ2) is 8.39. The van der Waals surface area contributed by atoms with Gasteiger partial charge in [-0.2, -0.15) is 5.26 Å². The molecule has 4 heteroatoms. The van der Waals surface area contributed by atoms with E-state index in [0.717, 1.165) is 18.5 Å². The molecule has 0 bridgehead atoms. The SMILES string of the molecule is CCCNCc1cccc(OC)c1OC(C#N)CC. The first-order valence-corrected chi connectivity index (χ1v) is 6.69. The summed E-state index contributed by atoms with van der Waals surface area (Å²) >= 11 is 0. The molecule has 0 aliphatic carbocycles. The van der Waals surface area contributed by atoms with E-state index < -0.39 is 6.10 Å². The van der Waals surface area contributed by atoms with E-state index in [9.17, 15) is 0 Å². The molecule has 19 heavy (non-hydrogen) atoms. The van der Waals surface area contributed by atoms with Crippen molar-refractivity contribution in [2.24, 2.45) is 0 Å². The average molecular weight is 262 g/mol. The monoisotopic (exact) mass is 262 g/mol. The highest BCUT2D eigenvalue weighted by molar-refractivity contribution is 5.47. The van der Waals surface area contributed by atoms with Gasteiger partial charge in [0.25, 0.3) is 0 Å². The lowest BCUT2D eigenvalue weighted by Gasteiger charge is -2.17. The molecule has 1 atom stereocenters. The molecule has 1 N–H and O–H groups in total. The maximum absolute atomic E-state index is 9.02. The number of nitrogens with zero attached hydrogens (tertiary/aromatic N) is 1. The summed E-state index contributed by atoms with van der Waals surface area (Å²) in [4.78, 5) is 0. The second-order valence-corrected chi connectivity index (χ2v) is 4.27. The van der Waals surface area contributed by atoms with Crippen LogP contribution in [0.25, 0.3) is 0 Å². The standard InChI is InChI=1S/C15H22N2O2/c1-4-9-17-11-12-7-6-8-14(18-3)15(12)19-13(5-2)10-16/h6-8,13,17H,4-5,9,11H2,1-3H3. The fourth-order valence-electron chi connectivity index (χ4n) is 1.74. The van der Waals surface area contributed by atoms with Crippen LogP contribution in [-0.2, 0) is 6.54 Å². The Hall–Kier alpha value is -1.73. The van der Waals surface area contributed by atoms with Gasteiger partial charge in [0.15, 0.2) is 17.6 Å². The molecule has 0 saturated heterocycles. The minimum absolute atomic E-state index is 0.443. The molecule has 0 aliphatic rings. The van der Waals surface area contributed by atoms with Gasteiger partial charge in [-0.3, -0.25) is 0 Å². The van der Waals surface area contributed by atoms with Crippen LogP contribution < -0.4 is 14.8 Å². The highest BCUT2D eigenvalue weighted by Crippen LogP contribution is 2.32. The summed E-state index contributed by atoms with van der Waals surface area (Å²) in [6, 6.07) is 7.92. The normalized spacial score (nSPS) is 11.7. The van der Waals surface area contributed by atoms with Crippen LogP contribution in [0.1, 0.15) is 32.3 Å². The molecule has 0 aliphatic heterocycles. The lowest BCUT2D eigenvalue weighted by atomic mass is 10.1. The molecule has 1 aromatic carbocycles. The highest BCUT2D eigenvalue weighted by atomic mass is 16.5. The van der Waals surface area contributed by atoms with E-state index in [-0.39, 0.29) is 0 Å². The first kappa shape index (κ1) is 15.3. The Morgan fingerprint density at radius 2 is 2.16 bits per heavy atom. The number of methoxy groups -OCH3 is 1. The molecule has 1 rings (SSSR count). The van der Waals surface area contributed by atoms with Gasteiger partial charge in [-0.1, -0.05) is 26.0 Å². The summed E-state index contributed by atoms with van der Waals surface area (Å²) in [5, 5.41) is 12.4. The van der Waals surface area contributed by atoms with Gasteiger partial charge in [0.2, 0.25) is 0 Å². The van der Waals surface area contributed by atoms with Crippen molar-refractivity contribution in [1.82, 2.24) is 5.32 Å². The smallest absolute Gasteiger partial charge is 0.184 e. The first-order valence-electron chi connectivity index (χ1n) is 6.69. The molecule has 0 fully saturated rings. The van der Waals surface area contributed by atoms with Crippen LogP contribution in [0.3, 0.4) is 0 Å². The molecule has 0 saturated carbocycles. The van der Waals surface area contributed by atoms with Gasteiger partial charge in [-0.25, -0.2) is 0 Å². The fourth-order valence-corrected chi connectivity index (χ4v) is 1.74. The van der Waals surface area contributed by atoms with Crippen molar-refractivity contribution in [2.75, 3.05) is 13.7 Å². The molecule has 0 spiro atoms. The van der Waals surface area contributed by atoms with Crippen molar-refractivity contribution in [2.45, 2.75) is 39.3 Å². The van der Waals surface area contributed by atoms with Crippen LogP contribution in [-0.4, -0.2) is 19.8 Å². The summed E-state index contributed by atoms with van der Waals surface area (Å²) in [5.74, 6) is 1.34. The van der Waals surface area contributed by atoms with Crippen molar-refractivity contribution in [3.63, 3.8) is 0 Å². The first-order chi connectivity index (χ1) is 9.26. The molecule has 0 heterocycles. The number of ether oxygens (including phenoxy) is 2. The summed E-state index contributed by atoms with van der Waals surface area (Å²) < 4.78 is 11.1. The summed E-state index contributed by atoms with van der Waals surface area (Å²) in [6.45, 7) is 5.71. The number of hydrogen-bond acceptors (Lipinski definition) is 4. The topological polar surface area (TPSA) is 54.3 Å². The fraction of sp³-hybridized carbons (Fsp3) is 0.533. The van der Waals surface area contributed by atoms with E-state index in [2.05, 4.69) is 18.3 Å². The van der Waals surface area contributed by atoms with Crippen molar-refractivity contribution >= 4 is 0 Å². The van der Waals surface area contributed by atoms with Crippen molar-refractivity contribution in [3.05, 3.63) is 23.8 Å². The molecule has 1 aromatic rings. The van der Waals surface area contributed by atoms with Crippen LogP contribution >= 0.6 is 0 Å². The summed E-state index contributed by atoms with van der Waals surface area (Å²) in [6.07, 6.45) is 1.29. The molecule has 1 unspecified atom stereocenters. The Morgan fingerprint density at radius 3 is 2.74 bits per heavy atom. The van der Waals surface area contributed by atoms with Gasteiger partial charge in [-0.05, 0) is 25.5 Å². The van der Waals surface area contributed by atoms with Gasteiger partial charge < -0.3 is 14.8 Å². The zero-order valence-electron chi connectivity index (χ0n) is 11.9. The molecule has 0 amide bonds. The lowest BCUT2D eigenvalue weighted by Crippen LogP contribution is -2.18. The van der Waals surface area contributed by atoms with E-state index in [1.54, 1.807) is 7.11 Å². The van der Waals surface area contributed by atoms with Crippen molar-refractivity contribution < 1.29 is 9.47 Å². The number of nitriles is 1. The molecule has 0 aromatic heterocycles. The van der Waals surface area contributed by atoms with Crippen LogP contribution in [0.5, 0.6) is 11.5 Å². The lowest BCUT2D eigenvalue weighted by molar-refractivity contribution is 0.236. The molecule has 104 valence electrons. The Bertz CT molecular complexity index is 427. The summed E-state index contributed by atoms with van der Waals surface area (Å²) in [7, 11) is 1.61. The molecular formula is C15H22N2O2. The molecule has 4 nitrogen and oxygen atoms in total. The molecule has 0 radical (unpaired) electrons.